The molecule has 0 aromatic rings. The van der Waals surface area contributed by atoms with Gasteiger partial charge in [-0.15, -0.1) is 12.4 Å². The normalized spacial score (nSPS) is 31.8. The van der Waals surface area contributed by atoms with Crippen LogP contribution in [0.5, 0.6) is 0 Å². The molecule has 0 heterocycles. The number of hydrogen-bond acceptors (Lipinski definition) is 3. The van der Waals surface area contributed by atoms with E-state index < -0.39 is 5.60 Å². The van der Waals surface area contributed by atoms with E-state index in [1.807, 2.05) is 20.8 Å². The number of ether oxygens (including phenoxy) is 1. The summed E-state index contributed by atoms with van der Waals surface area (Å²) in [6, 6.07) is 0. The molecule has 0 saturated heterocycles. The van der Waals surface area contributed by atoms with E-state index in [0.717, 1.165) is 18.8 Å². The lowest BCUT2D eigenvalue weighted by Crippen LogP contribution is -2.51. The molecule has 1 saturated carbocycles. The van der Waals surface area contributed by atoms with Gasteiger partial charge in [-0.1, -0.05) is 18.6 Å². The van der Waals surface area contributed by atoms with Crippen LogP contribution in [-0.4, -0.2) is 18.1 Å². The fourth-order valence-corrected chi connectivity index (χ4v) is 3.70. The molecule has 0 aromatic carbocycles. The number of nitrogens with two attached hydrogens (primary N) is 1. The van der Waals surface area contributed by atoms with E-state index in [4.69, 9.17) is 10.5 Å². The standard InChI is InChI=1S/C16H27NO2.ClH/c1-5-11-6-12-8-16(10-17,13(12)7-11)9-14(18)19-15(2,3)4;/h7,12-13H,5-6,8-10,17H2,1-4H3;1H/t12-,13-,16-;/m1./s1. The van der Waals surface area contributed by atoms with Gasteiger partial charge >= 0.3 is 5.97 Å². The minimum absolute atomic E-state index is 0. The van der Waals surface area contributed by atoms with Crippen molar-refractivity contribution in [3.05, 3.63) is 11.6 Å². The number of rotatable bonds is 4. The molecule has 0 spiro atoms. The molecule has 0 amide bonds. The van der Waals surface area contributed by atoms with Crippen LogP contribution in [0, 0.1) is 17.3 Å². The van der Waals surface area contributed by atoms with Crippen molar-refractivity contribution in [3.63, 3.8) is 0 Å². The lowest BCUT2D eigenvalue weighted by Gasteiger charge is -2.51. The highest BCUT2D eigenvalue weighted by atomic mass is 35.5. The van der Waals surface area contributed by atoms with E-state index in [1.54, 1.807) is 0 Å². The molecule has 2 aliphatic carbocycles. The first kappa shape index (κ1) is 17.5. The number of esters is 1. The zero-order valence-electron chi connectivity index (χ0n) is 13.1. The highest BCUT2D eigenvalue weighted by Gasteiger charge is 2.55. The Morgan fingerprint density at radius 1 is 1.50 bits per heavy atom. The van der Waals surface area contributed by atoms with Gasteiger partial charge in [0.1, 0.15) is 5.60 Å². The van der Waals surface area contributed by atoms with Gasteiger partial charge in [0.2, 0.25) is 0 Å². The van der Waals surface area contributed by atoms with Crippen molar-refractivity contribution in [2.24, 2.45) is 23.0 Å². The van der Waals surface area contributed by atoms with E-state index in [1.165, 1.54) is 12.0 Å². The molecule has 20 heavy (non-hydrogen) atoms. The van der Waals surface area contributed by atoms with E-state index in [2.05, 4.69) is 13.0 Å². The molecule has 0 aliphatic heterocycles. The summed E-state index contributed by atoms with van der Waals surface area (Å²) in [4.78, 5) is 12.1. The fraction of sp³-hybridized carbons (Fsp3) is 0.812. The lowest BCUT2D eigenvalue weighted by atomic mass is 9.53. The minimum Gasteiger partial charge on any atom is -0.460 e. The number of carbonyl (C=O) groups excluding carboxylic acids is 1. The molecular formula is C16H28ClNO2. The highest BCUT2D eigenvalue weighted by Crippen LogP contribution is 2.59. The SMILES string of the molecule is CCC1=C[C@@H]2[C@H](C1)C[C@]2(CN)CC(=O)OC(C)(C)C.Cl. The minimum atomic E-state index is -0.407. The Bertz CT molecular complexity index is 400. The Labute approximate surface area is 128 Å². The van der Waals surface area contributed by atoms with Crippen molar-refractivity contribution in [3.8, 4) is 0 Å². The Kier molecular flexibility index (Phi) is 5.31. The number of carbonyl (C=O) groups is 1. The van der Waals surface area contributed by atoms with Crippen LogP contribution in [0.1, 0.15) is 53.4 Å². The second-order valence-corrected chi connectivity index (χ2v) is 7.20. The van der Waals surface area contributed by atoms with Crippen LogP contribution in [0.2, 0.25) is 0 Å². The third-order valence-corrected chi connectivity index (χ3v) is 4.60. The third-order valence-electron chi connectivity index (χ3n) is 4.60. The molecular weight excluding hydrogens is 274 g/mol. The van der Waals surface area contributed by atoms with Crippen LogP contribution in [0.3, 0.4) is 0 Å². The van der Waals surface area contributed by atoms with E-state index >= 15 is 0 Å². The summed E-state index contributed by atoms with van der Waals surface area (Å²) in [6.45, 7) is 8.52. The number of allylic oxidation sites excluding steroid dienone is 2. The first-order valence-corrected chi connectivity index (χ1v) is 7.41. The molecule has 3 nitrogen and oxygen atoms in total. The van der Waals surface area contributed by atoms with Crippen LogP contribution < -0.4 is 5.73 Å². The summed E-state index contributed by atoms with van der Waals surface area (Å²) >= 11 is 0. The van der Waals surface area contributed by atoms with Gasteiger partial charge in [0.05, 0.1) is 6.42 Å². The summed E-state index contributed by atoms with van der Waals surface area (Å²) in [5.41, 5.74) is 7.08. The van der Waals surface area contributed by atoms with E-state index in [0.29, 0.717) is 18.9 Å². The molecule has 1 fully saturated rings. The van der Waals surface area contributed by atoms with Crippen LogP contribution in [0.25, 0.3) is 0 Å². The van der Waals surface area contributed by atoms with Crippen molar-refractivity contribution in [1.82, 2.24) is 0 Å². The zero-order chi connectivity index (χ0) is 14.3. The number of hydrogen-bond donors (Lipinski definition) is 1. The molecule has 0 unspecified atom stereocenters. The van der Waals surface area contributed by atoms with Gasteiger partial charge in [-0.05, 0) is 63.8 Å². The van der Waals surface area contributed by atoms with Crippen molar-refractivity contribution < 1.29 is 9.53 Å². The van der Waals surface area contributed by atoms with Crippen LogP contribution in [0.4, 0.5) is 0 Å². The largest absolute Gasteiger partial charge is 0.460 e. The Hall–Kier alpha value is -0.540. The summed E-state index contributed by atoms with van der Waals surface area (Å²) in [6.07, 6.45) is 6.26. The van der Waals surface area contributed by atoms with Crippen molar-refractivity contribution in [2.45, 2.75) is 59.0 Å². The Balaban J connectivity index is 0.00000200. The van der Waals surface area contributed by atoms with Crippen LogP contribution in [-0.2, 0) is 9.53 Å². The van der Waals surface area contributed by atoms with Crippen molar-refractivity contribution in [2.75, 3.05) is 6.54 Å². The predicted molar refractivity (Wildman–Crippen MR) is 83.8 cm³/mol. The molecule has 2 aliphatic rings. The number of fused-ring (bicyclic) bond motifs is 1. The fourth-order valence-electron chi connectivity index (χ4n) is 3.70. The monoisotopic (exact) mass is 301 g/mol. The molecule has 0 radical (unpaired) electrons. The van der Waals surface area contributed by atoms with E-state index in [9.17, 15) is 4.79 Å². The smallest absolute Gasteiger partial charge is 0.306 e. The van der Waals surface area contributed by atoms with Crippen molar-refractivity contribution >= 4 is 18.4 Å². The summed E-state index contributed by atoms with van der Waals surface area (Å²) in [5.74, 6) is 1.12. The Morgan fingerprint density at radius 2 is 2.15 bits per heavy atom. The van der Waals surface area contributed by atoms with Crippen LogP contribution >= 0.6 is 12.4 Å². The third kappa shape index (κ3) is 3.37. The first-order valence-electron chi connectivity index (χ1n) is 7.41. The summed E-state index contributed by atoms with van der Waals surface area (Å²) in [7, 11) is 0. The maximum absolute atomic E-state index is 12.1. The topological polar surface area (TPSA) is 52.3 Å². The quantitative estimate of drug-likeness (QED) is 0.639. The van der Waals surface area contributed by atoms with Gasteiger partial charge in [-0.3, -0.25) is 4.79 Å². The lowest BCUT2D eigenvalue weighted by molar-refractivity contribution is -0.162. The zero-order valence-corrected chi connectivity index (χ0v) is 13.9. The summed E-state index contributed by atoms with van der Waals surface area (Å²) in [5, 5.41) is 0. The van der Waals surface area contributed by atoms with Gasteiger partial charge in [-0.2, -0.15) is 0 Å². The first-order chi connectivity index (χ1) is 8.79. The summed E-state index contributed by atoms with van der Waals surface area (Å²) < 4.78 is 5.46. The second kappa shape index (κ2) is 6.07. The molecule has 3 atom stereocenters. The highest BCUT2D eigenvalue weighted by molar-refractivity contribution is 5.85. The molecule has 0 bridgehead atoms. The second-order valence-electron chi connectivity index (χ2n) is 7.20. The Morgan fingerprint density at radius 3 is 2.65 bits per heavy atom. The molecule has 4 heteroatoms. The number of halogens is 1. The van der Waals surface area contributed by atoms with Gasteiger partial charge in [0.25, 0.3) is 0 Å². The van der Waals surface area contributed by atoms with Gasteiger partial charge < -0.3 is 10.5 Å². The predicted octanol–water partition coefficient (Wildman–Crippen LogP) is 3.46. The van der Waals surface area contributed by atoms with Gasteiger partial charge in [-0.25, -0.2) is 0 Å². The van der Waals surface area contributed by atoms with Gasteiger partial charge in [0.15, 0.2) is 0 Å². The van der Waals surface area contributed by atoms with E-state index in [-0.39, 0.29) is 23.8 Å². The average molecular weight is 302 g/mol. The van der Waals surface area contributed by atoms with Gasteiger partial charge in [0, 0.05) is 0 Å². The maximum atomic E-state index is 12.1. The molecule has 2 rings (SSSR count). The van der Waals surface area contributed by atoms with Crippen molar-refractivity contribution in [1.29, 1.82) is 0 Å². The molecule has 116 valence electrons. The molecule has 0 aromatic heterocycles. The average Bonchev–Trinajstić information content (AvgIpc) is 2.62. The maximum Gasteiger partial charge on any atom is 0.306 e. The molecule has 2 N–H and O–H groups in total. The van der Waals surface area contributed by atoms with Crippen LogP contribution in [0.15, 0.2) is 11.6 Å².